The van der Waals surface area contributed by atoms with Crippen molar-refractivity contribution < 1.29 is 33.7 Å². The fourth-order valence-corrected chi connectivity index (χ4v) is 1.45. The van der Waals surface area contributed by atoms with Crippen molar-refractivity contribution in [2.75, 3.05) is 0 Å². The smallest absolute Gasteiger partial charge is 0.478 e. The lowest BCUT2D eigenvalue weighted by molar-refractivity contribution is -0.136. The van der Waals surface area contributed by atoms with Gasteiger partial charge >= 0.3 is 18.1 Å². The summed E-state index contributed by atoms with van der Waals surface area (Å²) >= 11 is 0. The molecule has 0 amide bonds. The van der Waals surface area contributed by atoms with E-state index in [9.17, 15) is 14.4 Å². The second-order valence-electron chi connectivity index (χ2n) is 4.16. The van der Waals surface area contributed by atoms with E-state index in [0.717, 1.165) is 6.08 Å². The van der Waals surface area contributed by atoms with Gasteiger partial charge in [-0.2, -0.15) is 0 Å². The van der Waals surface area contributed by atoms with Crippen LogP contribution >= 0.6 is 0 Å². The van der Waals surface area contributed by atoms with Crippen molar-refractivity contribution in [1.29, 1.82) is 0 Å². The van der Waals surface area contributed by atoms with Crippen LogP contribution < -0.4 is 0 Å². The van der Waals surface area contributed by atoms with E-state index in [1.54, 1.807) is 20.8 Å². The van der Waals surface area contributed by atoms with Gasteiger partial charge in [0.25, 0.3) is 0 Å². The Kier molecular flexibility index (Phi) is 4.31. The first-order chi connectivity index (χ1) is 8.76. The molecule has 1 aliphatic heterocycles. The lowest BCUT2D eigenvalue weighted by atomic mass is 10.1. The van der Waals surface area contributed by atoms with Crippen molar-refractivity contribution in [2.24, 2.45) is 0 Å². The molecule has 7 nitrogen and oxygen atoms in total. The van der Waals surface area contributed by atoms with E-state index in [4.69, 9.17) is 19.3 Å². The number of cyclic esters (lactones) is 2. The standard InChI is InChI=1S/C12H14O7/c1-4-7(17-9(15)6-5-8(13)14)10-12(2,3)19-11(16)18-10/h5-6H,4H2,1-3H3,(H,13,14)/b6-5+,10-7?. The average molecular weight is 270 g/mol. The largest absolute Gasteiger partial charge is 0.514 e. The van der Waals surface area contributed by atoms with Crippen LogP contribution in [0.2, 0.25) is 0 Å². The predicted octanol–water partition coefficient (Wildman–Crippen LogP) is 1.74. The van der Waals surface area contributed by atoms with E-state index in [-0.39, 0.29) is 17.9 Å². The number of rotatable bonds is 4. The molecular formula is C12H14O7. The minimum absolute atomic E-state index is 0.108. The Bertz CT molecular complexity index is 470. The Morgan fingerprint density at radius 1 is 1.37 bits per heavy atom. The lowest BCUT2D eigenvalue weighted by Gasteiger charge is -2.16. The fourth-order valence-electron chi connectivity index (χ4n) is 1.45. The highest BCUT2D eigenvalue weighted by Crippen LogP contribution is 2.33. The second kappa shape index (κ2) is 5.55. The van der Waals surface area contributed by atoms with Crippen LogP contribution in [0, 0.1) is 0 Å². The number of hydrogen-bond donors (Lipinski definition) is 1. The Labute approximate surface area is 109 Å². The van der Waals surface area contributed by atoms with Gasteiger partial charge in [0, 0.05) is 18.6 Å². The zero-order valence-electron chi connectivity index (χ0n) is 10.8. The third kappa shape index (κ3) is 3.84. The van der Waals surface area contributed by atoms with Gasteiger partial charge in [0.05, 0.1) is 0 Å². The van der Waals surface area contributed by atoms with Gasteiger partial charge in [-0.25, -0.2) is 14.4 Å². The van der Waals surface area contributed by atoms with Crippen LogP contribution in [0.4, 0.5) is 4.79 Å². The molecule has 0 atom stereocenters. The maximum atomic E-state index is 11.4. The summed E-state index contributed by atoms with van der Waals surface area (Å²) < 4.78 is 14.7. The summed E-state index contributed by atoms with van der Waals surface area (Å²) in [5.74, 6) is -1.91. The predicted molar refractivity (Wildman–Crippen MR) is 61.8 cm³/mol. The van der Waals surface area contributed by atoms with Crippen molar-refractivity contribution in [1.82, 2.24) is 0 Å². The van der Waals surface area contributed by atoms with Crippen molar-refractivity contribution in [3.8, 4) is 0 Å². The molecule has 1 fully saturated rings. The third-order valence-electron chi connectivity index (χ3n) is 2.23. The number of ether oxygens (including phenoxy) is 3. The Hall–Kier alpha value is -2.31. The first kappa shape index (κ1) is 14.7. The number of hydrogen-bond acceptors (Lipinski definition) is 6. The van der Waals surface area contributed by atoms with Crippen LogP contribution in [-0.2, 0) is 23.8 Å². The van der Waals surface area contributed by atoms with Crippen LogP contribution in [-0.4, -0.2) is 28.8 Å². The van der Waals surface area contributed by atoms with E-state index >= 15 is 0 Å². The first-order valence-corrected chi connectivity index (χ1v) is 5.53. The van der Waals surface area contributed by atoms with Crippen LogP contribution in [0.25, 0.3) is 0 Å². The minimum Gasteiger partial charge on any atom is -0.478 e. The first-order valence-electron chi connectivity index (χ1n) is 5.53. The van der Waals surface area contributed by atoms with Crippen molar-refractivity contribution in [2.45, 2.75) is 32.8 Å². The minimum atomic E-state index is -1.27. The molecule has 0 aromatic carbocycles. The molecule has 0 aromatic rings. The molecule has 0 aromatic heterocycles. The highest BCUT2D eigenvalue weighted by Gasteiger charge is 2.42. The molecule has 1 heterocycles. The second-order valence-corrected chi connectivity index (χ2v) is 4.16. The molecule has 0 saturated carbocycles. The van der Waals surface area contributed by atoms with Crippen LogP contribution in [0.3, 0.4) is 0 Å². The number of carboxylic acid groups (broad SMARTS) is 1. The van der Waals surface area contributed by atoms with Gasteiger partial charge in [0.2, 0.25) is 0 Å². The highest BCUT2D eigenvalue weighted by atomic mass is 16.8. The lowest BCUT2D eigenvalue weighted by Crippen LogP contribution is -2.22. The fraction of sp³-hybridized carbons (Fsp3) is 0.417. The summed E-state index contributed by atoms with van der Waals surface area (Å²) in [4.78, 5) is 32.7. The van der Waals surface area contributed by atoms with Gasteiger partial charge in [0.15, 0.2) is 17.1 Å². The molecule has 1 aliphatic rings. The van der Waals surface area contributed by atoms with Crippen LogP contribution in [0.1, 0.15) is 27.2 Å². The quantitative estimate of drug-likeness (QED) is 0.471. The number of carbonyl (C=O) groups excluding carboxylic acids is 2. The monoisotopic (exact) mass is 270 g/mol. The summed E-state index contributed by atoms with van der Waals surface area (Å²) in [6.45, 7) is 4.87. The number of carboxylic acids is 1. The van der Waals surface area contributed by atoms with Gasteiger partial charge in [-0.3, -0.25) is 0 Å². The number of esters is 1. The van der Waals surface area contributed by atoms with E-state index in [2.05, 4.69) is 0 Å². The van der Waals surface area contributed by atoms with Gasteiger partial charge in [0.1, 0.15) is 0 Å². The Balaban J connectivity index is 2.92. The zero-order chi connectivity index (χ0) is 14.6. The number of allylic oxidation sites excluding steroid dienone is 1. The van der Waals surface area contributed by atoms with Crippen molar-refractivity contribution in [3.05, 3.63) is 23.7 Å². The van der Waals surface area contributed by atoms with Gasteiger partial charge in [-0.1, -0.05) is 6.92 Å². The van der Waals surface area contributed by atoms with E-state index in [1.807, 2.05) is 0 Å². The maximum Gasteiger partial charge on any atom is 0.514 e. The van der Waals surface area contributed by atoms with Gasteiger partial charge in [-0.15, -0.1) is 0 Å². The molecule has 0 aliphatic carbocycles. The molecule has 19 heavy (non-hydrogen) atoms. The maximum absolute atomic E-state index is 11.4. The summed E-state index contributed by atoms with van der Waals surface area (Å²) in [7, 11) is 0. The third-order valence-corrected chi connectivity index (χ3v) is 2.23. The molecule has 1 saturated heterocycles. The van der Waals surface area contributed by atoms with Gasteiger partial charge < -0.3 is 19.3 Å². The van der Waals surface area contributed by atoms with Gasteiger partial charge in [-0.05, 0) is 13.8 Å². The van der Waals surface area contributed by atoms with E-state index in [1.165, 1.54) is 0 Å². The molecule has 0 bridgehead atoms. The molecular weight excluding hydrogens is 256 g/mol. The summed E-state index contributed by atoms with van der Waals surface area (Å²) in [5.41, 5.74) is -1.03. The molecule has 1 rings (SSSR count). The molecule has 0 radical (unpaired) electrons. The van der Waals surface area contributed by atoms with Crippen LogP contribution in [0.5, 0.6) is 0 Å². The summed E-state index contributed by atoms with van der Waals surface area (Å²) in [6.07, 6.45) is 0.830. The highest BCUT2D eigenvalue weighted by molar-refractivity contribution is 5.91. The van der Waals surface area contributed by atoms with Crippen LogP contribution in [0.15, 0.2) is 23.7 Å². The number of aliphatic carboxylic acids is 1. The van der Waals surface area contributed by atoms with E-state index in [0.29, 0.717) is 6.08 Å². The Morgan fingerprint density at radius 3 is 2.42 bits per heavy atom. The van der Waals surface area contributed by atoms with Crippen molar-refractivity contribution >= 4 is 18.1 Å². The summed E-state index contributed by atoms with van der Waals surface area (Å²) in [5, 5.41) is 8.39. The Morgan fingerprint density at radius 2 is 2.00 bits per heavy atom. The average Bonchev–Trinajstić information content (AvgIpc) is 2.56. The normalized spacial score (nSPS) is 19.8. The number of carbonyl (C=O) groups is 3. The molecule has 0 unspecified atom stereocenters. The zero-order valence-corrected chi connectivity index (χ0v) is 10.8. The molecule has 7 heteroatoms. The van der Waals surface area contributed by atoms with E-state index < -0.39 is 23.7 Å². The molecule has 0 spiro atoms. The molecule has 1 N–H and O–H groups in total. The topological polar surface area (TPSA) is 99.1 Å². The van der Waals surface area contributed by atoms with Crippen molar-refractivity contribution in [3.63, 3.8) is 0 Å². The summed E-state index contributed by atoms with van der Waals surface area (Å²) in [6, 6.07) is 0. The SMILES string of the molecule is CCC(OC(=O)/C=C/C(=O)O)=C1OC(=O)OC1(C)C. The molecule has 104 valence electrons.